The smallest absolute Gasteiger partial charge is 0.277 e. The second-order valence-corrected chi connectivity index (χ2v) is 5.19. The first-order valence-corrected chi connectivity index (χ1v) is 7.18. The highest BCUT2D eigenvalue weighted by Crippen LogP contribution is 2.27. The Morgan fingerprint density at radius 3 is 2.80 bits per heavy atom. The Bertz CT molecular complexity index is 490. The minimum atomic E-state index is -0.327. The number of nitrogens with zero attached hydrogens (tertiary/aromatic N) is 1. The maximum absolute atomic E-state index is 11.6. The molecule has 20 heavy (non-hydrogen) atoms. The standard InChI is InChI=1S/C14H18Cl2N2O2/c1-3-4-5-10(2)17-18-14(19)9-20-13-7-6-11(15)8-12(13)16/h6-8H,3-5,9H2,1-2H3,(H,18,19)/b17-10-. The summed E-state index contributed by atoms with van der Waals surface area (Å²) < 4.78 is 5.30. The van der Waals surface area contributed by atoms with Gasteiger partial charge >= 0.3 is 0 Å². The van der Waals surface area contributed by atoms with E-state index in [9.17, 15) is 4.79 Å². The van der Waals surface area contributed by atoms with Crippen molar-refractivity contribution in [1.82, 2.24) is 5.43 Å². The number of amides is 1. The highest BCUT2D eigenvalue weighted by Gasteiger charge is 2.06. The summed E-state index contributed by atoms with van der Waals surface area (Å²) in [5.74, 6) is 0.0877. The lowest BCUT2D eigenvalue weighted by Crippen LogP contribution is -2.25. The number of nitrogens with one attached hydrogen (secondary N) is 1. The van der Waals surface area contributed by atoms with Crippen LogP contribution < -0.4 is 10.2 Å². The minimum Gasteiger partial charge on any atom is -0.482 e. The van der Waals surface area contributed by atoms with Gasteiger partial charge in [0.2, 0.25) is 0 Å². The third-order valence-electron chi connectivity index (χ3n) is 2.52. The number of carbonyl (C=O) groups excluding carboxylic acids is 1. The Labute approximate surface area is 129 Å². The van der Waals surface area contributed by atoms with Crippen molar-refractivity contribution >= 4 is 34.8 Å². The molecule has 0 atom stereocenters. The fraction of sp³-hybridized carbons (Fsp3) is 0.429. The Morgan fingerprint density at radius 2 is 2.15 bits per heavy atom. The van der Waals surface area contributed by atoms with Crippen LogP contribution in [-0.4, -0.2) is 18.2 Å². The minimum absolute atomic E-state index is 0.147. The van der Waals surface area contributed by atoms with Gasteiger partial charge < -0.3 is 4.74 Å². The molecule has 1 N–H and O–H groups in total. The normalized spacial score (nSPS) is 11.3. The van der Waals surface area contributed by atoms with Crippen LogP contribution in [0.4, 0.5) is 0 Å². The van der Waals surface area contributed by atoms with Gasteiger partial charge in [0.25, 0.3) is 5.91 Å². The van der Waals surface area contributed by atoms with Crippen molar-refractivity contribution in [3.63, 3.8) is 0 Å². The summed E-state index contributed by atoms with van der Waals surface area (Å²) in [4.78, 5) is 11.6. The van der Waals surface area contributed by atoms with E-state index in [1.807, 2.05) is 6.92 Å². The number of ether oxygens (including phenoxy) is 1. The van der Waals surface area contributed by atoms with E-state index in [1.165, 1.54) is 0 Å². The van der Waals surface area contributed by atoms with E-state index in [4.69, 9.17) is 27.9 Å². The van der Waals surface area contributed by atoms with Crippen LogP contribution in [0.2, 0.25) is 10.0 Å². The van der Waals surface area contributed by atoms with E-state index in [0.717, 1.165) is 25.0 Å². The first-order valence-electron chi connectivity index (χ1n) is 6.42. The molecule has 0 aliphatic heterocycles. The number of hydrogen-bond donors (Lipinski definition) is 1. The van der Waals surface area contributed by atoms with Gasteiger partial charge in [-0.2, -0.15) is 5.10 Å². The molecule has 0 radical (unpaired) electrons. The largest absolute Gasteiger partial charge is 0.482 e. The van der Waals surface area contributed by atoms with E-state index < -0.39 is 0 Å². The van der Waals surface area contributed by atoms with Gasteiger partial charge in [0, 0.05) is 10.7 Å². The van der Waals surface area contributed by atoms with Gasteiger partial charge in [-0.15, -0.1) is 0 Å². The SMILES string of the molecule is CCCC/C(C)=N\NC(=O)COc1ccc(Cl)cc1Cl. The molecule has 110 valence electrons. The molecule has 1 aromatic rings. The van der Waals surface area contributed by atoms with Crippen molar-refractivity contribution in [2.75, 3.05) is 6.61 Å². The van der Waals surface area contributed by atoms with Crippen LogP contribution in [0.1, 0.15) is 33.1 Å². The van der Waals surface area contributed by atoms with Crippen LogP contribution in [-0.2, 0) is 4.79 Å². The first kappa shape index (κ1) is 16.8. The zero-order valence-electron chi connectivity index (χ0n) is 11.6. The molecular formula is C14H18Cl2N2O2. The molecule has 0 saturated heterocycles. The zero-order valence-corrected chi connectivity index (χ0v) is 13.1. The fourth-order valence-corrected chi connectivity index (χ4v) is 1.88. The summed E-state index contributed by atoms with van der Waals surface area (Å²) in [7, 11) is 0. The Morgan fingerprint density at radius 1 is 1.40 bits per heavy atom. The van der Waals surface area contributed by atoms with E-state index in [2.05, 4.69) is 17.5 Å². The van der Waals surface area contributed by atoms with Crippen molar-refractivity contribution in [1.29, 1.82) is 0 Å². The number of hydrogen-bond acceptors (Lipinski definition) is 3. The van der Waals surface area contributed by atoms with Crippen LogP contribution in [0.15, 0.2) is 23.3 Å². The molecule has 1 rings (SSSR count). The van der Waals surface area contributed by atoms with Crippen molar-refractivity contribution in [2.45, 2.75) is 33.1 Å². The molecule has 4 nitrogen and oxygen atoms in total. The summed E-state index contributed by atoms with van der Waals surface area (Å²) in [6.07, 6.45) is 3.03. The second-order valence-electron chi connectivity index (χ2n) is 4.35. The molecule has 0 aliphatic rings. The molecule has 0 aliphatic carbocycles. The van der Waals surface area contributed by atoms with Crippen molar-refractivity contribution in [3.05, 3.63) is 28.2 Å². The highest BCUT2D eigenvalue weighted by molar-refractivity contribution is 6.35. The maximum atomic E-state index is 11.6. The van der Waals surface area contributed by atoms with E-state index in [0.29, 0.717) is 15.8 Å². The monoisotopic (exact) mass is 316 g/mol. The molecule has 0 aromatic heterocycles. The van der Waals surface area contributed by atoms with Gasteiger partial charge in [-0.3, -0.25) is 4.79 Å². The van der Waals surface area contributed by atoms with E-state index in [1.54, 1.807) is 18.2 Å². The average Bonchev–Trinajstić information content (AvgIpc) is 2.41. The number of unbranched alkanes of at least 4 members (excludes halogenated alkanes) is 1. The number of hydrazone groups is 1. The van der Waals surface area contributed by atoms with Crippen LogP contribution in [0.5, 0.6) is 5.75 Å². The molecule has 0 bridgehead atoms. The number of halogens is 2. The maximum Gasteiger partial charge on any atom is 0.277 e. The van der Waals surface area contributed by atoms with Crippen molar-refractivity contribution in [3.8, 4) is 5.75 Å². The lowest BCUT2D eigenvalue weighted by Gasteiger charge is -2.07. The van der Waals surface area contributed by atoms with Gasteiger partial charge in [-0.05, 0) is 38.0 Å². The summed E-state index contributed by atoms with van der Waals surface area (Å²) in [6, 6.07) is 4.82. The van der Waals surface area contributed by atoms with Crippen LogP contribution in [0.3, 0.4) is 0 Å². The lowest BCUT2D eigenvalue weighted by molar-refractivity contribution is -0.123. The van der Waals surface area contributed by atoms with Gasteiger partial charge in [-0.1, -0.05) is 36.5 Å². The molecule has 1 aromatic carbocycles. The van der Waals surface area contributed by atoms with Gasteiger partial charge in [0.15, 0.2) is 6.61 Å². The lowest BCUT2D eigenvalue weighted by atomic mass is 10.2. The summed E-state index contributed by atoms with van der Waals surface area (Å²) >= 11 is 11.7. The first-order chi connectivity index (χ1) is 9.52. The molecule has 0 fully saturated rings. The topological polar surface area (TPSA) is 50.7 Å². The molecule has 0 unspecified atom stereocenters. The second kappa shape index (κ2) is 8.82. The molecular weight excluding hydrogens is 299 g/mol. The van der Waals surface area contributed by atoms with Crippen LogP contribution in [0.25, 0.3) is 0 Å². The highest BCUT2D eigenvalue weighted by atomic mass is 35.5. The predicted octanol–water partition coefficient (Wildman–Crippen LogP) is 4.05. The number of carbonyl (C=O) groups is 1. The molecule has 0 spiro atoms. The fourth-order valence-electron chi connectivity index (χ4n) is 1.41. The van der Waals surface area contributed by atoms with Crippen molar-refractivity contribution in [2.24, 2.45) is 5.10 Å². The van der Waals surface area contributed by atoms with E-state index >= 15 is 0 Å². The third-order valence-corrected chi connectivity index (χ3v) is 3.05. The van der Waals surface area contributed by atoms with Crippen LogP contribution >= 0.6 is 23.2 Å². The van der Waals surface area contributed by atoms with Crippen molar-refractivity contribution < 1.29 is 9.53 Å². The number of rotatable bonds is 7. The predicted molar refractivity (Wildman–Crippen MR) is 82.7 cm³/mol. The Kier molecular flexibility index (Phi) is 7.41. The van der Waals surface area contributed by atoms with Crippen LogP contribution in [0, 0.1) is 0 Å². The van der Waals surface area contributed by atoms with E-state index in [-0.39, 0.29) is 12.5 Å². The summed E-state index contributed by atoms with van der Waals surface area (Å²) in [5.41, 5.74) is 3.34. The van der Waals surface area contributed by atoms with Gasteiger partial charge in [-0.25, -0.2) is 5.43 Å². The number of benzene rings is 1. The zero-order chi connectivity index (χ0) is 15.0. The van der Waals surface area contributed by atoms with Gasteiger partial charge in [0.1, 0.15) is 5.75 Å². The molecule has 0 saturated carbocycles. The summed E-state index contributed by atoms with van der Waals surface area (Å²) in [5, 5.41) is 4.88. The molecule has 6 heteroatoms. The Balaban J connectivity index is 2.39. The molecule has 1 amide bonds. The quantitative estimate of drug-likeness (QED) is 0.609. The van der Waals surface area contributed by atoms with Gasteiger partial charge in [0.05, 0.1) is 5.02 Å². The third kappa shape index (κ3) is 6.26. The molecule has 0 heterocycles. The average molecular weight is 317 g/mol. The Hall–Kier alpha value is -1.26. The summed E-state index contributed by atoms with van der Waals surface area (Å²) in [6.45, 7) is 3.84.